The first-order valence-electron chi connectivity index (χ1n) is 5.18. The zero-order valence-corrected chi connectivity index (χ0v) is 12.0. The molecule has 0 radical (unpaired) electrons. The van der Waals surface area contributed by atoms with E-state index in [0.717, 1.165) is 10.0 Å². The summed E-state index contributed by atoms with van der Waals surface area (Å²) < 4.78 is 27.6. The molecule has 0 amide bonds. The van der Waals surface area contributed by atoms with E-state index in [1.165, 1.54) is 18.3 Å². The summed E-state index contributed by atoms with van der Waals surface area (Å²) in [5, 5.41) is 0. The second-order valence-electron chi connectivity index (χ2n) is 3.75. The van der Waals surface area contributed by atoms with Crippen molar-refractivity contribution in [1.29, 1.82) is 0 Å². The predicted octanol–water partition coefficient (Wildman–Crippen LogP) is 2.95. The number of nitrogens with zero attached hydrogens (tertiary/aromatic N) is 1. The third-order valence-electron chi connectivity index (χ3n) is 2.41. The highest BCUT2D eigenvalue weighted by atomic mass is 79.9. The molecule has 0 unspecified atom stereocenters. The Morgan fingerprint density at radius 3 is 2.44 bits per heavy atom. The number of benzene rings is 1. The van der Waals surface area contributed by atoms with Crippen molar-refractivity contribution in [2.75, 3.05) is 4.72 Å². The maximum absolute atomic E-state index is 12.1. The summed E-state index contributed by atoms with van der Waals surface area (Å²) in [6.07, 6.45) is 3.11. The van der Waals surface area contributed by atoms with Crippen molar-refractivity contribution in [3.05, 3.63) is 52.8 Å². The van der Waals surface area contributed by atoms with E-state index in [4.69, 9.17) is 0 Å². The SMILES string of the molecule is Cc1ccncc1NS(=O)(=O)c1ccc(Br)cc1. The van der Waals surface area contributed by atoms with Gasteiger partial charge < -0.3 is 0 Å². The van der Waals surface area contributed by atoms with Gasteiger partial charge in [0.15, 0.2) is 0 Å². The lowest BCUT2D eigenvalue weighted by Crippen LogP contribution is -2.13. The van der Waals surface area contributed by atoms with Gasteiger partial charge in [0.05, 0.1) is 16.8 Å². The Hall–Kier alpha value is -1.40. The minimum Gasteiger partial charge on any atom is -0.278 e. The monoisotopic (exact) mass is 326 g/mol. The highest BCUT2D eigenvalue weighted by Gasteiger charge is 2.14. The van der Waals surface area contributed by atoms with Crippen LogP contribution in [-0.4, -0.2) is 13.4 Å². The molecule has 18 heavy (non-hydrogen) atoms. The fourth-order valence-electron chi connectivity index (χ4n) is 1.39. The zero-order chi connectivity index (χ0) is 13.2. The predicted molar refractivity (Wildman–Crippen MR) is 73.9 cm³/mol. The summed E-state index contributed by atoms with van der Waals surface area (Å²) in [5.74, 6) is 0. The Morgan fingerprint density at radius 1 is 1.17 bits per heavy atom. The summed E-state index contributed by atoms with van der Waals surface area (Å²) in [4.78, 5) is 4.12. The van der Waals surface area contributed by atoms with Crippen LogP contribution in [0.4, 0.5) is 5.69 Å². The van der Waals surface area contributed by atoms with E-state index in [1.807, 2.05) is 6.92 Å². The standard InChI is InChI=1S/C12H11BrN2O2S/c1-9-6-7-14-8-12(9)15-18(16,17)11-4-2-10(13)3-5-11/h2-8,15H,1H3. The zero-order valence-electron chi connectivity index (χ0n) is 9.59. The Morgan fingerprint density at radius 2 is 1.83 bits per heavy atom. The van der Waals surface area contributed by atoms with Gasteiger partial charge in [-0.3, -0.25) is 9.71 Å². The number of hydrogen-bond donors (Lipinski definition) is 1. The summed E-state index contributed by atoms with van der Waals surface area (Å²) in [6.45, 7) is 1.82. The van der Waals surface area contributed by atoms with E-state index >= 15 is 0 Å². The van der Waals surface area contributed by atoms with Crippen molar-refractivity contribution in [2.45, 2.75) is 11.8 Å². The van der Waals surface area contributed by atoms with Gasteiger partial charge in [-0.2, -0.15) is 0 Å². The van der Waals surface area contributed by atoms with E-state index in [9.17, 15) is 8.42 Å². The highest BCUT2D eigenvalue weighted by Crippen LogP contribution is 2.19. The molecule has 0 atom stereocenters. The van der Waals surface area contributed by atoms with Crippen LogP contribution in [0.15, 0.2) is 52.1 Å². The fraction of sp³-hybridized carbons (Fsp3) is 0.0833. The van der Waals surface area contributed by atoms with Gasteiger partial charge in [0.1, 0.15) is 0 Å². The second kappa shape index (κ2) is 5.07. The van der Waals surface area contributed by atoms with Crippen LogP contribution < -0.4 is 4.72 Å². The molecule has 0 fully saturated rings. The molecule has 0 aliphatic carbocycles. The molecule has 94 valence electrons. The normalized spacial score (nSPS) is 11.2. The summed E-state index contributed by atoms with van der Waals surface area (Å²) in [6, 6.07) is 8.20. The number of hydrogen-bond acceptors (Lipinski definition) is 3. The van der Waals surface area contributed by atoms with E-state index in [1.54, 1.807) is 24.4 Å². The highest BCUT2D eigenvalue weighted by molar-refractivity contribution is 9.10. The molecule has 0 saturated carbocycles. The molecular formula is C12H11BrN2O2S. The molecule has 2 aromatic rings. The van der Waals surface area contributed by atoms with Gasteiger partial charge in [0.2, 0.25) is 0 Å². The van der Waals surface area contributed by atoms with Crippen molar-refractivity contribution in [1.82, 2.24) is 4.98 Å². The average Bonchev–Trinajstić information content (AvgIpc) is 2.32. The Bertz CT molecular complexity index is 654. The molecule has 0 aliphatic heterocycles. The molecule has 1 aromatic heterocycles. The topological polar surface area (TPSA) is 59.1 Å². The molecule has 4 nitrogen and oxygen atoms in total. The van der Waals surface area contributed by atoms with Gasteiger partial charge >= 0.3 is 0 Å². The van der Waals surface area contributed by atoms with E-state index in [2.05, 4.69) is 25.6 Å². The first-order valence-corrected chi connectivity index (χ1v) is 7.46. The quantitative estimate of drug-likeness (QED) is 0.943. The van der Waals surface area contributed by atoms with Crippen LogP contribution >= 0.6 is 15.9 Å². The number of pyridine rings is 1. The smallest absolute Gasteiger partial charge is 0.261 e. The van der Waals surface area contributed by atoms with Gasteiger partial charge in [-0.25, -0.2) is 8.42 Å². The minimum absolute atomic E-state index is 0.217. The molecule has 0 bridgehead atoms. The van der Waals surface area contributed by atoms with Crippen LogP contribution in [0, 0.1) is 6.92 Å². The number of nitrogens with one attached hydrogen (secondary N) is 1. The number of aryl methyl sites for hydroxylation is 1. The Labute approximate surface area is 114 Å². The van der Waals surface area contributed by atoms with Crippen LogP contribution in [0.3, 0.4) is 0 Å². The van der Waals surface area contributed by atoms with Gasteiger partial charge in [-0.15, -0.1) is 0 Å². The average molecular weight is 327 g/mol. The summed E-state index contributed by atoms with van der Waals surface area (Å²) in [7, 11) is -3.56. The Balaban J connectivity index is 2.33. The molecule has 0 spiro atoms. The number of sulfonamides is 1. The maximum atomic E-state index is 12.1. The number of aromatic nitrogens is 1. The molecule has 6 heteroatoms. The van der Waals surface area contributed by atoms with Crippen molar-refractivity contribution in [2.24, 2.45) is 0 Å². The molecule has 0 saturated heterocycles. The number of anilines is 1. The van der Waals surface area contributed by atoms with Crippen molar-refractivity contribution in [3.8, 4) is 0 Å². The molecular weight excluding hydrogens is 316 g/mol. The Kier molecular flexibility index (Phi) is 3.68. The van der Waals surface area contributed by atoms with Crippen LogP contribution in [-0.2, 0) is 10.0 Å². The number of rotatable bonds is 3. The van der Waals surface area contributed by atoms with Crippen LogP contribution in [0.25, 0.3) is 0 Å². The lowest BCUT2D eigenvalue weighted by Gasteiger charge is -2.09. The lowest BCUT2D eigenvalue weighted by molar-refractivity contribution is 0.601. The first-order chi connectivity index (χ1) is 8.49. The van der Waals surface area contributed by atoms with Gasteiger partial charge in [-0.05, 0) is 42.8 Å². The lowest BCUT2D eigenvalue weighted by atomic mass is 10.3. The van der Waals surface area contributed by atoms with Crippen molar-refractivity contribution in [3.63, 3.8) is 0 Å². The summed E-state index contributed by atoms with van der Waals surface area (Å²) >= 11 is 3.27. The van der Waals surface area contributed by atoms with Crippen molar-refractivity contribution < 1.29 is 8.42 Å². The molecule has 1 aromatic carbocycles. The van der Waals surface area contributed by atoms with Gasteiger partial charge in [0, 0.05) is 10.7 Å². The fourth-order valence-corrected chi connectivity index (χ4v) is 2.77. The largest absolute Gasteiger partial charge is 0.278 e. The minimum atomic E-state index is -3.56. The third kappa shape index (κ3) is 2.88. The van der Waals surface area contributed by atoms with Gasteiger partial charge in [0.25, 0.3) is 10.0 Å². The van der Waals surface area contributed by atoms with Crippen molar-refractivity contribution >= 4 is 31.6 Å². The molecule has 0 aliphatic rings. The van der Waals surface area contributed by atoms with Crippen LogP contribution in [0.5, 0.6) is 0 Å². The van der Waals surface area contributed by atoms with Crippen LogP contribution in [0.2, 0.25) is 0 Å². The van der Waals surface area contributed by atoms with E-state index in [0.29, 0.717) is 5.69 Å². The molecule has 1 heterocycles. The van der Waals surface area contributed by atoms with Gasteiger partial charge in [-0.1, -0.05) is 15.9 Å². The first kappa shape index (κ1) is 13.0. The molecule has 1 N–H and O–H groups in total. The van der Waals surface area contributed by atoms with E-state index < -0.39 is 10.0 Å². The molecule has 2 rings (SSSR count). The maximum Gasteiger partial charge on any atom is 0.261 e. The van der Waals surface area contributed by atoms with Crippen LogP contribution in [0.1, 0.15) is 5.56 Å². The third-order valence-corrected chi connectivity index (χ3v) is 4.32. The summed E-state index contributed by atoms with van der Waals surface area (Å²) in [5.41, 5.74) is 1.31. The number of halogens is 1. The van der Waals surface area contributed by atoms with E-state index in [-0.39, 0.29) is 4.90 Å². The second-order valence-corrected chi connectivity index (χ2v) is 6.35.